The van der Waals surface area contributed by atoms with Crippen LogP contribution in [0.3, 0.4) is 0 Å². The molecule has 1 saturated carbocycles. The molecule has 0 saturated heterocycles. The summed E-state index contributed by atoms with van der Waals surface area (Å²) in [4.78, 5) is 12.1. The average molecular weight is 241 g/mol. The molecular formula is C14H27NO2. The third-order valence-electron chi connectivity index (χ3n) is 4.29. The number of carbonyl (C=O) groups excluding carboxylic acids is 1. The largest absolute Gasteiger partial charge is 0.461 e. The highest BCUT2D eigenvalue weighted by atomic mass is 16.5. The molecule has 0 amide bonds. The molecule has 100 valence electrons. The standard InChI is InChI=1S/C14H27NO2/c1-4-11-9-7-8-10-12(11)17-13(16)14(15,5-2)6-3/h11-12H,4-10,15H2,1-3H3. The first kappa shape index (κ1) is 14.5. The summed E-state index contributed by atoms with van der Waals surface area (Å²) in [6, 6.07) is 0. The number of hydrogen-bond acceptors (Lipinski definition) is 3. The number of rotatable bonds is 5. The van der Waals surface area contributed by atoms with Crippen LogP contribution in [0.25, 0.3) is 0 Å². The van der Waals surface area contributed by atoms with Crippen LogP contribution in [0.2, 0.25) is 0 Å². The van der Waals surface area contributed by atoms with Gasteiger partial charge in [0.25, 0.3) is 0 Å². The van der Waals surface area contributed by atoms with Crippen LogP contribution in [0.4, 0.5) is 0 Å². The predicted octanol–water partition coefficient (Wildman–Crippen LogP) is 3.02. The van der Waals surface area contributed by atoms with Crippen LogP contribution < -0.4 is 5.73 Å². The molecule has 2 N–H and O–H groups in total. The maximum atomic E-state index is 12.1. The van der Waals surface area contributed by atoms with Gasteiger partial charge in [-0.25, -0.2) is 0 Å². The molecule has 1 fully saturated rings. The van der Waals surface area contributed by atoms with E-state index in [1.165, 1.54) is 19.3 Å². The van der Waals surface area contributed by atoms with Crippen molar-refractivity contribution in [2.24, 2.45) is 11.7 Å². The zero-order chi connectivity index (χ0) is 12.9. The second-order valence-electron chi connectivity index (χ2n) is 5.26. The monoisotopic (exact) mass is 241 g/mol. The molecule has 0 heterocycles. The van der Waals surface area contributed by atoms with Crippen LogP contribution in [0.1, 0.15) is 65.7 Å². The van der Waals surface area contributed by atoms with Crippen LogP contribution in [0.5, 0.6) is 0 Å². The Morgan fingerprint density at radius 2 is 1.82 bits per heavy atom. The lowest BCUT2D eigenvalue weighted by Gasteiger charge is -2.33. The number of carbonyl (C=O) groups is 1. The molecule has 2 atom stereocenters. The predicted molar refractivity (Wildman–Crippen MR) is 69.6 cm³/mol. The van der Waals surface area contributed by atoms with Gasteiger partial charge in [0.15, 0.2) is 0 Å². The molecule has 1 rings (SSSR count). The maximum absolute atomic E-state index is 12.1. The van der Waals surface area contributed by atoms with Crippen molar-refractivity contribution < 1.29 is 9.53 Å². The Labute approximate surface area is 105 Å². The molecule has 3 heteroatoms. The summed E-state index contributed by atoms with van der Waals surface area (Å²) in [5, 5.41) is 0. The molecule has 0 bridgehead atoms. The highest BCUT2D eigenvalue weighted by Crippen LogP contribution is 2.30. The minimum Gasteiger partial charge on any atom is -0.461 e. The normalized spacial score (nSPS) is 25.6. The number of hydrogen-bond donors (Lipinski definition) is 1. The van der Waals surface area contributed by atoms with E-state index in [0.717, 1.165) is 12.8 Å². The lowest BCUT2D eigenvalue weighted by molar-refractivity contribution is -0.160. The average Bonchev–Trinajstić information content (AvgIpc) is 2.38. The first-order chi connectivity index (χ1) is 8.07. The van der Waals surface area contributed by atoms with Crippen molar-refractivity contribution >= 4 is 5.97 Å². The van der Waals surface area contributed by atoms with Crippen LogP contribution in [-0.4, -0.2) is 17.6 Å². The van der Waals surface area contributed by atoms with Gasteiger partial charge in [-0.3, -0.25) is 4.79 Å². The Morgan fingerprint density at radius 3 is 2.35 bits per heavy atom. The summed E-state index contributed by atoms with van der Waals surface area (Å²) in [6.45, 7) is 6.07. The van der Waals surface area contributed by atoms with E-state index in [9.17, 15) is 4.79 Å². The van der Waals surface area contributed by atoms with Crippen molar-refractivity contribution in [2.75, 3.05) is 0 Å². The first-order valence-corrected chi connectivity index (χ1v) is 7.07. The molecule has 3 nitrogen and oxygen atoms in total. The van der Waals surface area contributed by atoms with Crippen LogP contribution in [-0.2, 0) is 9.53 Å². The summed E-state index contributed by atoms with van der Waals surface area (Å²) in [5.74, 6) is 0.332. The van der Waals surface area contributed by atoms with E-state index in [4.69, 9.17) is 10.5 Å². The van der Waals surface area contributed by atoms with E-state index < -0.39 is 5.54 Å². The van der Waals surface area contributed by atoms with Crippen molar-refractivity contribution in [3.8, 4) is 0 Å². The Morgan fingerprint density at radius 1 is 1.24 bits per heavy atom. The van der Waals surface area contributed by atoms with Crippen molar-refractivity contribution in [1.82, 2.24) is 0 Å². The fourth-order valence-electron chi connectivity index (χ4n) is 2.59. The molecule has 0 aliphatic heterocycles. The van der Waals surface area contributed by atoms with Crippen molar-refractivity contribution in [1.29, 1.82) is 0 Å². The second-order valence-corrected chi connectivity index (χ2v) is 5.26. The SMILES string of the molecule is CCC1CCCCC1OC(=O)C(N)(CC)CC. The van der Waals surface area contributed by atoms with Crippen LogP contribution in [0.15, 0.2) is 0 Å². The lowest BCUT2D eigenvalue weighted by Crippen LogP contribution is -2.50. The van der Waals surface area contributed by atoms with Gasteiger partial charge < -0.3 is 10.5 Å². The highest BCUT2D eigenvalue weighted by molar-refractivity contribution is 5.80. The quantitative estimate of drug-likeness (QED) is 0.753. The Kier molecular flexibility index (Phi) is 5.44. The van der Waals surface area contributed by atoms with E-state index in [1.54, 1.807) is 0 Å². The summed E-state index contributed by atoms with van der Waals surface area (Å²) in [7, 11) is 0. The van der Waals surface area contributed by atoms with E-state index in [0.29, 0.717) is 18.8 Å². The molecule has 0 spiro atoms. The van der Waals surface area contributed by atoms with E-state index in [-0.39, 0.29) is 12.1 Å². The zero-order valence-corrected chi connectivity index (χ0v) is 11.5. The highest BCUT2D eigenvalue weighted by Gasteiger charge is 2.35. The summed E-state index contributed by atoms with van der Waals surface area (Å²) in [5.41, 5.74) is 5.29. The molecule has 0 aromatic rings. The molecule has 0 aromatic carbocycles. The van der Waals surface area contributed by atoms with Gasteiger partial charge in [-0.2, -0.15) is 0 Å². The molecule has 17 heavy (non-hydrogen) atoms. The van der Waals surface area contributed by atoms with E-state index >= 15 is 0 Å². The Hall–Kier alpha value is -0.570. The van der Waals surface area contributed by atoms with Crippen molar-refractivity contribution in [3.63, 3.8) is 0 Å². The van der Waals surface area contributed by atoms with Gasteiger partial charge in [-0.1, -0.05) is 27.2 Å². The Bertz CT molecular complexity index is 249. The minimum atomic E-state index is -0.782. The summed E-state index contributed by atoms with van der Waals surface area (Å²) >= 11 is 0. The maximum Gasteiger partial charge on any atom is 0.326 e. The molecule has 0 radical (unpaired) electrons. The molecule has 0 aromatic heterocycles. The van der Waals surface area contributed by atoms with Gasteiger partial charge in [-0.05, 0) is 44.4 Å². The molecule has 1 aliphatic carbocycles. The summed E-state index contributed by atoms with van der Waals surface area (Å²) in [6.07, 6.45) is 7.11. The molecular weight excluding hydrogens is 214 g/mol. The number of nitrogens with two attached hydrogens (primary N) is 1. The molecule has 1 aliphatic rings. The number of esters is 1. The fraction of sp³-hybridized carbons (Fsp3) is 0.929. The van der Waals surface area contributed by atoms with Crippen LogP contribution in [0, 0.1) is 5.92 Å². The van der Waals surface area contributed by atoms with Gasteiger partial charge in [-0.15, -0.1) is 0 Å². The van der Waals surface area contributed by atoms with Gasteiger partial charge in [0.1, 0.15) is 11.6 Å². The smallest absolute Gasteiger partial charge is 0.326 e. The van der Waals surface area contributed by atoms with Crippen LogP contribution >= 0.6 is 0 Å². The van der Waals surface area contributed by atoms with E-state index in [2.05, 4.69) is 6.92 Å². The third kappa shape index (κ3) is 3.44. The minimum absolute atomic E-state index is 0.0993. The van der Waals surface area contributed by atoms with Crippen molar-refractivity contribution in [2.45, 2.75) is 77.4 Å². The topological polar surface area (TPSA) is 52.3 Å². The van der Waals surface area contributed by atoms with Gasteiger partial charge in [0.05, 0.1) is 0 Å². The number of ether oxygens (including phenoxy) is 1. The first-order valence-electron chi connectivity index (χ1n) is 7.07. The second kappa shape index (κ2) is 6.39. The van der Waals surface area contributed by atoms with Crippen molar-refractivity contribution in [3.05, 3.63) is 0 Å². The zero-order valence-electron chi connectivity index (χ0n) is 11.5. The lowest BCUT2D eigenvalue weighted by atomic mass is 9.84. The van der Waals surface area contributed by atoms with E-state index in [1.807, 2.05) is 13.8 Å². The van der Waals surface area contributed by atoms with Gasteiger partial charge in [0, 0.05) is 0 Å². The Balaban J connectivity index is 2.60. The van der Waals surface area contributed by atoms with Gasteiger partial charge in [0.2, 0.25) is 0 Å². The van der Waals surface area contributed by atoms with Gasteiger partial charge >= 0.3 is 5.97 Å². The fourth-order valence-corrected chi connectivity index (χ4v) is 2.59. The summed E-state index contributed by atoms with van der Waals surface area (Å²) < 4.78 is 5.68. The molecule has 2 unspecified atom stereocenters. The third-order valence-corrected chi connectivity index (χ3v) is 4.29.